The van der Waals surface area contributed by atoms with Gasteiger partial charge in [0.25, 0.3) is 0 Å². The van der Waals surface area contributed by atoms with Gasteiger partial charge in [-0.2, -0.15) is 5.10 Å². The van der Waals surface area contributed by atoms with Gasteiger partial charge in [-0.25, -0.2) is 9.59 Å². The number of ether oxygens (including phenoxy) is 1. The van der Waals surface area contributed by atoms with Crippen molar-refractivity contribution in [3.63, 3.8) is 0 Å². The van der Waals surface area contributed by atoms with Crippen LogP contribution in [-0.4, -0.2) is 38.1 Å². The molecular formula is C13H21N3O4. The van der Waals surface area contributed by atoms with Crippen molar-refractivity contribution in [3.8, 4) is 0 Å². The monoisotopic (exact) mass is 283 g/mol. The van der Waals surface area contributed by atoms with Gasteiger partial charge in [-0.3, -0.25) is 4.68 Å². The van der Waals surface area contributed by atoms with Crippen LogP contribution in [0.25, 0.3) is 0 Å². The lowest BCUT2D eigenvalue weighted by Gasteiger charge is -2.28. The maximum Gasteiger partial charge on any atom is 0.408 e. The summed E-state index contributed by atoms with van der Waals surface area (Å²) >= 11 is 0. The highest BCUT2D eigenvalue weighted by molar-refractivity contribution is 5.83. The molecule has 1 rings (SSSR count). The van der Waals surface area contributed by atoms with Crippen LogP contribution < -0.4 is 5.32 Å². The standard InChI is InChI=1S/C13H21N3O4/c1-9-6-7-14-16(9)8-13(5,10(17)18)15-11(19)20-12(2,3)4/h6-7H,8H2,1-5H3,(H,15,19)(H,17,18). The van der Waals surface area contributed by atoms with Crippen LogP contribution in [0.5, 0.6) is 0 Å². The summed E-state index contributed by atoms with van der Waals surface area (Å²) in [7, 11) is 0. The molecule has 1 heterocycles. The number of aryl methyl sites for hydroxylation is 1. The SMILES string of the molecule is Cc1ccnn1CC(C)(NC(=O)OC(C)(C)C)C(=O)O. The molecule has 0 radical (unpaired) electrons. The Kier molecular flexibility index (Phi) is 4.42. The number of aliphatic carboxylic acids is 1. The van der Waals surface area contributed by atoms with E-state index in [0.29, 0.717) is 0 Å². The fourth-order valence-electron chi connectivity index (χ4n) is 1.55. The zero-order valence-corrected chi connectivity index (χ0v) is 12.4. The predicted octanol–water partition coefficient (Wildman–Crippen LogP) is 1.56. The molecule has 1 aromatic heterocycles. The van der Waals surface area contributed by atoms with Crippen LogP contribution in [0.2, 0.25) is 0 Å². The fraction of sp³-hybridized carbons (Fsp3) is 0.615. The summed E-state index contributed by atoms with van der Waals surface area (Å²) in [5, 5.41) is 15.8. The molecule has 0 saturated carbocycles. The van der Waals surface area contributed by atoms with Gasteiger partial charge in [0.05, 0.1) is 6.54 Å². The molecule has 20 heavy (non-hydrogen) atoms. The quantitative estimate of drug-likeness (QED) is 0.874. The number of hydrogen-bond acceptors (Lipinski definition) is 4. The second-order valence-electron chi connectivity index (χ2n) is 5.89. The van der Waals surface area contributed by atoms with Gasteiger partial charge in [-0.05, 0) is 40.7 Å². The number of hydrogen-bond donors (Lipinski definition) is 2. The maximum absolute atomic E-state index is 11.8. The van der Waals surface area contributed by atoms with E-state index >= 15 is 0 Å². The Bertz CT molecular complexity index is 504. The minimum absolute atomic E-state index is 0.0143. The van der Waals surface area contributed by atoms with E-state index in [1.165, 1.54) is 11.6 Å². The second-order valence-corrected chi connectivity index (χ2v) is 5.89. The molecule has 0 aliphatic rings. The molecule has 1 amide bonds. The zero-order chi connectivity index (χ0) is 15.6. The zero-order valence-electron chi connectivity index (χ0n) is 12.4. The number of carboxylic acids is 1. The molecule has 0 saturated heterocycles. The van der Waals surface area contributed by atoms with Crippen LogP contribution in [0.3, 0.4) is 0 Å². The summed E-state index contributed by atoms with van der Waals surface area (Å²) in [6.45, 7) is 8.37. The Labute approximate surface area is 117 Å². The number of carbonyl (C=O) groups is 2. The molecule has 0 spiro atoms. The molecule has 7 heteroatoms. The van der Waals surface area contributed by atoms with E-state index in [0.717, 1.165) is 5.69 Å². The summed E-state index contributed by atoms with van der Waals surface area (Å²) in [5.74, 6) is -1.15. The van der Waals surface area contributed by atoms with Crippen LogP contribution in [0, 0.1) is 6.92 Å². The normalized spacial score (nSPS) is 14.4. The van der Waals surface area contributed by atoms with Crippen LogP contribution >= 0.6 is 0 Å². The highest BCUT2D eigenvalue weighted by Crippen LogP contribution is 2.13. The molecule has 1 aromatic rings. The van der Waals surface area contributed by atoms with Gasteiger partial charge < -0.3 is 15.2 Å². The number of nitrogens with one attached hydrogen (secondary N) is 1. The van der Waals surface area contributed by atoms with Gasteiger partial charge in [0.1, 0.15) is 5.60 Å². The third-order valence-electron chi connectivity index (χ3n) is 2.64. The Morgan fingerprint density at radius 1 is 1.40 bits per heavy atom. The topological polar surface area (TPSA) is 93.5 Å². The van der Waals surface area contributed by atoms with Crippen molar-refractivity contribution in [1.29, 1.82) is 0 Å². The molecular weight excluding hydrogens is 262 g/mol. The van der Waals surface area contributed by atoms with E-state index in [9.17, 15) is 14.7 Å². The maximum atomic E-state index is 11.8. The first-order valence-corrected chi connectivity index (χ1v) is 6.26. The number of aromatic nitrogens is 2. The molecule has 1 unspecified atom stereocenters. The molecule has 0 fully saturated rings. The van der Waals surface area contributed by atoms with Crippen molar-refractivity contribution >= 4 is 12.1 Å². The lowest BCUT2D eigenvalue weighted by molar-refractivity contribution is -0.144. The van der Waals surface area contributed by atoms with Gasteiger partial charge in [0, 0.05) is 11.9 Å². The number of amides is 1. The third kappa shape index (κ3) is 4.25. The van der Waals surface area contributed by atoms with E-state index in [-0.39, 0.29) is 6.54 Å². The van der Waals surface area contributed by atoms with Crippen molar-refractivity contribution in [2.24, 2.45) is 0 Å². The smallest absolute Gasteiger partial charge is 0.408 e. The third-order valence-corrected chi connectivity index (χ3v) is 2.64. The number of nitrogens with zero attached hydrogens (tertiary/aromatic N) is 2. The van der Waals surface area contributed by atoms with Gasteiger partial charge >= 0.3 is 12.1 Å². The number of carbonyl (C=O) groups excluding carboxylic acids is 1. The molecule has 112 valence electrons. The van der Waals surface area contributed by atoms with E-state index in [4.69, 9.17) is 4.74 Å². The lowest BCUT2D eigenvalue weighted by Crippen LogP contribution is -2.56. The van der Waals surface area contributed by atoms with E-state index in [1.54, 1.807) is 33.0 Å². The van der Waals surface area contributed by atoms with Crippen molar-refractivity contribution in [2.75, 3.05) is 0 Å². The van der Waals surface area contributed by atoms with Crippen LogP contribution in [0.4, 0.5) is 4.79 Å². The minimum atomic E-state index is -1.50. The molecule has 0 aromatic carbocycles. The van der Waals surface area contributed by atoms with E-state index in [1.807, 2.05) is 6.92 Å². The summed E-state index contributed by atoms with van der Waals surface area (Å²) in [6.07, 6.45) is 0.803. The number of rotatable bonds is 4. The Morgan fingerprint density at radius 2 is 2.00 bits per heavy atom. The average molecular weight is 283 g/mol. The molecule has 0 bridgehead atoms. The lowest BCUT2D eigenvalue weighted by atomic mass is 10.0. The van der Waals surface area contributed by atoms with E-state index in [2.05, 4.69) is 10.4 Å². The summed E-state index contributed by atoms with van der Waals surface area (Å²) < 4.78 is 6.61. The Morgan fingerprint density at radius 3 is 2.40 bits per heavy atom. The summed E-state index contributed by atoms with van der Waals surface area (Å²) in [5.41, 5.74) is -1.38. The van der Waals surface area contributed by atoms with E-state index < -0.39 is 23.2 Å². The van der Waals surface area contributed by atoms with Crippen molar-refractivity contribution in [2.45, 2.75) is 52.3 Å². The highest BCUT2D eigenvalue weighted by Gasteiger charge is 2.37. The van der Waals surface area contributed by atoms with Crippen LogP contribution in [-0.2, 0) is 16.1 Å². The van der Waals surface area contributed by atoms with Gasteiger partial charge in [-0.15, -0.1) is 0 Å². The molecule has 0 aliphatic carbocycles. The number of alkyl carbamates (subject to hydrolysis) is 1. The molecule has 2 N–H and O–H groups in total. The molecule has 1 atom stereocenters. The largest absolute Gasteiger partial charge is 0.479 e. The Balaban J connectivity index is 2.85. The Hall–Kier alpha value is -2.05. The van der Waals surface area contributed by atoms with Crippen LogP contribution in [0.1, 0.15) is 33.4 Å². The van der Waals surface area contributed by atoms with Crippen molar-refractivity contribution in [1.82, 2.24) is 15.1 Å². The fourth-order valence-corrected chi connectivity index (χ4v) is 1.55. The van der Waals surface area contributed by atoms with Crippen LogP contribution in [0.15, 0.2) is 12.3 Å². The van der Waals surface area contributed by atoms with Crippen molar-refractivity contribution < 1.29 is 19.4 Å². The predicted molar refractivity (Wildman–Crippen MR) is 72.4 cm³/mol. The molecule has 7 nitrogen and oxygen atoms in total. The average Bonchev–Trinajstić information content (AvgIpc) is 2.60. The summed E-state index contributed by atoms with van der Waals surface area (Å²) in [4.78, 5) is 23.2. The second kappa shape index (κ2) is 5.52. The van der Waals surface area contributed by atoms with Gasteiger partial charge in [0.2, 0.25) is 0 Å². The molecule has 0 aliphatic heterocycles. The first-order valence-electron chi connectivity index (χ1n) is 6.26. The van der Waals surface area contributed by atoms with Gasteiger partial charge in [0.15, 0.2) is 5.54 Å². The minimum Gasteiger partial charge on any atom is -0.479 e. The number of carboxylic acid groups (broad SMARTS) is 1. The highest BCUT2D eigenvalue weighted by atomic mass is 16.6. The first-order chi connectivity index (χ1) is 9.03. The summed E-state index contributed by atoms with van der Waals surface area (Å²) in [6, 6.07) is 1.76. The first kappa shape index (κ1) is 16.0. The van der Waals surface area contributed by atoms with Crippen molar-refractivity contribution in [3.05, 3.63) is 18.0 Å². The van der Waals surface area contributed by atoms with Gasteiger partial charge in [-0.1, -0.05) is 0 Å².